The lowest BCUT2D eigenvalue weighted by atomic mass is 10.2. The van der Waals surface area contributed by atoms with Gasteiger partial charge in [-0.25, -0.2) is 15.8 Å². The van der Waals surface area contributed by atoms with Gasteiger partial charge in [-0.05, 0) is 19.3 Å². The number of nitrogens with two attached hydrogens (primary N) is 1. The first-order valence-electron chi connectivity index (χ1n) is 6.45. The molecule has 0 aromatic carbocycles. The summed E-state index contributed by atoms with van der Waals surface area (Å²) >= 11 is 0. The molecule has 18 heavy (non-hydrogen) atoms. The highest BCUT2D eigenvalue weighted by Gasteiger charge is 2.07. The van der Waals surface area contributed by atoms with Crippen molar-refractivity contribution in [2.45, 2.75) is 33.1 Å². The first kappa shape index (κ1) is 14.7. The van der Waals surface area contributed by atoms with Crippen LogP contribution in [0.1, 0.15) is 32.3 Å². The smallest absolute Gasteiger partial charge is 0.148 e. The highest BCUT2D eigenvalue weighted by atomic mass is 16.5. The third-order valence-corrected chi connectivity index (χ3v) is 2.54. The van der Waals surface area contributed by atoms with Crippen molar-refractivity contribution in [2.24, 2.45) is 5.84 Å². The second-order valence-electron chi connectivity index (χ2n) is 3.94. The van der Waals surface area contributed by atoms with Crippen molar-refractivity contribution in [3.05, 3.63) is 11.9 Å². The topological polar surface area (TPSA) is 85.1 Å². The third-order valence-electron chi connectivity index (χ3n) is 2.54. The number of rotatable bonds is 9. The Labute approximate surface area is 108 Å². The van der Waals surface area contributed by atoms with Crippen molar-refractivity contribution in [2.75, 3.05) is 30.5 Å². The van der Waals surface area contributed by atoms with E-state index in [1.54, 1.807) is 0 Å². The van der Waals surface area contributed by atoms with Crippen molar-refractivity contribution in [1.82, 2.24) is 9.97 Å². The van der Waals surface area contributed by atoms with E-state index >= 15 is 0 Å². The van der Waals surface area contributed by atoms with Crippen molar-refractivity contribution in [3.63, 3.8) is 0 Å². The van der Waals surface area contributed by atoms with Gasteiger partial charge in [-0.1, -0.05) is 13.8 Å². The maximum atomic E-state index is 5.42. The predicted octanol–water partition coefficient (Wildman–Crippen LogP) is 1.55. The number of ether oxygens (including phenoxy) is 1. The van der Waals surface area contributed by atoms with Crippen molar-refractivity contribution in [3.8, 4) is 0 Å². The molecular weight excluding hydrogens is 230 g/mol. The first-order valence-corrected chi connectivity index (χ1v) is 6.45. The van der Waals surface area contributed by atoms with Crippen LogP contribution in [0.15, 0.2) is 6.33 Å². The molecule has 0 radical (unpaired) electrons. The standard InChI is InChI=1S/C12H23N5O/c1-3-7-18-8-5-6-14-11-10(4-2)12(17-13)16-9-15-11/h9H,3-8,13H2,1-2H3,(H2,14,15,16,17). The number of anilines is 2. The van der Waals surface area contributed by atoms with Gasteiger partial charge in [0.25, 0.3) is 0 Å². The van der Waals surface area contributed by atoms with Crippen LogP contribution in [0.2, 0.25) is 0 Å². The van der Waals surface area contributed by atoms with E-state index in [2.05, 4.69) is 34.6 Å². The van der Waals surface area contributed by atoms with E-state index in [4.69, 9.17) is 10.6 Å². The highest BCUT2D eigenvalue weighted by molar-refractivity contribution is 5.56. The summed E-state index contributed by atoms with van der Waals surface area (Å²) in [6.07, 6.45) is 4.35. The van der Waals surface area contributed by atoms with Crippen molar-refractivity contribution >= 4 is 11.6 Å². The molecule has 4 N–H and O–H groups in total. The Morgan fingerprint density at radius 1 is 1.22 bits per heavy atom. The minimum atomic E-state index is 0.678. The summed E-state index contributed by atoms with van der Waals surface area (Å²) in [5.41, 5.74) is 3.60. The van der Waals surface area contributed by atoms with Crippen LogP contribution < -0.4 is 16.6 Å². The summed E-state index contributed by atoms with van der Waals surface area (Å²) in [4.78, 5) is 8.32. The fourth-order valence-electron chi connectivity index (χ4n) is 1.65. The van der Waals surface area contributed by atoms with Gasteiger partial charge in [-0.15, -0.1) is 0 Å². The van der Waals surface area contributed by atoms with Crippen molar-refractivity contribution < 1.29 is 4.74 Å². The number of nitrogen functional groups attached to an aromatic ring is 1. The Bertz CT molecular complexity index is 345. The molecule has 0 fully saturated rings. The third kappa shape index (κ3) is 4.46. The van der Waals surface area contributed by atoms with Gasteiger partial charge in [0.15, 0.2) is 0 Å². The van der Waals surface area contributed by atoms with Crippen LogP contribution in [-0.4, -0.2) is 29.7 Å². The molecule has 102 valence electrons. The Morgan fingerprint density at radius 2 is 2.00 bits per heavy atom. The number of hydrazine groups is 1. The Hall–Kier alpha value is -1.40. The molecule has 0 aliphatic heterocycles. The number of hydrogen-bond acceptors (Lipinski definition) is 6. The minimum absolute atomic E-state index is 0.678. The molecule has 1 heterocycles. The fourth-order valence-corrected chi connectivity index (χ4v) is 1.65. The average molecular weight is 253 g/mol. The quantitative estimate of drug-likeness (QED) is 0.352. The van der Waals surface area contributed by atoms with E-state index < -0.39 is 0 Å². The molecule has 0 bridgehead atoms. The summed E-state index contributed by atoms with van der Waals surface area (Å²) in [6, 6.07) is 0. The van der Waals surface area contributed by atoms with E-state index in [1.807, 2.05) is 0 Å². The maximum absolute atomic E-state index is 5.42. The molecule has 1 rings (SSSR count). The van der Waals surface area contributed by atoms with Gasteiger partial charge in [-0.2, -0.15) is 0 Å². The Morgan fingerprint density at radius 3 is 2.67 bits per heavy atom. The molecule has 0 aliphatic rings. The molecule has 6 nitrogen and oxygen atoms in total. The van der Waals surface area contributed by atoms with Gasteiger partial charge >= 0.3 is 0 Å². The second-order valence-corrected chi connectivity index (χ2v) is 3.94. The Kier molecular flexibility index (Phi) is 7.05. The van der Waals surface area contributed by atoms with E-state index in [-0.39, 0.29) is 0 Å². The van der Waals surface area contributed by atoms with Gasteiger partial charge in [0.2, 0.25) is 0 Å². The molecule has 0 aliphatic carbocycles. The minimum Gasteiger partial charge on any atom is -0.381 e. The molecule has 0 saturated carbocycles. The van der Waals surface area contributed by atoms with Crippen LogP contribution in [0.5, 0.6) is 0 Å². The first-order chi connectivity index (χ1) is 8.83. The molecule has 1 aromatic heterocycles. The van der Waals surface area contributed by atoms with Gasteiger partial charge in [0.05, 0.1) is 0 Å². The lowest BCUT2D eigenvalue weighted by molar-refractivity contribution is 0.134. The van der Waals surface area contributed by atoms with E-state index in [9.17, 15) is 0 Å². The molecule has 0 unspecified atom stereocenters. The number of nitrogens with one attached hydrogen (secondary N) is 2. The van der Waals surface area contributed by atoms with Crippen LogP contribution in [0.4, 0.5) is 11.6 Å². The zero-order valence-corrected chi connectivity index (χ0v) is 11.2. The molecular formula is C12H23N5O. The summed E-state index contributed by atoms with van der Waals surface area (Å²) in [7, 11) is 0. The lowest BCUT2D eigenvalue weighted by Gasteiger charge is -2.12. The zero-order chi connectivity index (χ0) is 13.2. The normalized spacial score (nSPS) is 10.4. The molecule has 0 atom stereocenters. The van der Waals surface area contributed by atoms with Gasteiger partial charge in [0, 0.05) is 25.3 Å². The van der Waals surface area contributed by atoms with E-state index in [0.29, 0.717) is 5.82 Å². The SMILES string of the molecule is CCCOCCCNc1ncnc(NN)c1CC. The van der Waals surface area contributed by atoms with Crippen LogP contribution in [0.3, 0.4) is 0 Å². The molecule has 0 spiro atoms. The van der Waals surface area contributed by atoms with Gasteiger partial charge in [0.1, 0.15) is 18.0 Å². The van der Waals surface area contributed by atoms with Crippen LogP contribution >= 0.6 is 0 Å². The molecule has 1 aromatic rings. The summed E-state index contributed by atoms with van der Waals surface area (Å²) in [6.45, 7) is 6.59. The fraction of sp³-hybridized carbons (Fsp3) is 0.667. The Balaban J connectivity index is 2.41. The van der Waals surface area contributed by atoms with Crippen LogP contribution in [0.25, 0.3) is 0 Å². The van der Waals surface area contributed by atoms with E-state index in [1.165, 1.54) is 6.33 Å². The summed E-state index contributed by atoms with van der Waals surface area (Å²) in [5.74, 6) is 6.94. The highest BCUT2D eigenvalue weighted by Crippen LogP contribution is 2.19. The predicted molar refractivity (Wildman–Crippen MR) is 73.4 cm³/mol. The number of nitrogens with zero attached hydrogens (tertiary/aromatic N) is 2. The van der Waals surface area contributed by atoms with E-state index in [0.717, 1.165) is 50.4 Å². The molecule has 0 saturated heterocycles. The average Bonchev–Trinajstić information content (AvgIpc) is 2.42. The monoisotopic (exact) mass is 253 g/mol. The number of aromatic nitrogens is 2. The van der Waals surface area contributed by atoms with Crippen LogP contribution in [-0.2, 0) is 11.2 Å². The van der Waals surface area contributed by atoms with Gasteiger partial charge in [-0.3, -0.25) is 0 Å². The molecule has 0 amide bonds. The summed E-state index contributed by atoms with van der Waals surface area (Å²) in [5, 5.41) is 3.29. The second kappa shape index (κ2) is 8.66. The van der Waals surface area contributed by atoms with Gasteiger partial charge < -0.3 is 15.5 Å². The van der Waals surface area contributed by atoms with Crippen LogP contribution in [0, 0.1) is 0 Å². The molecule has 6 heteroatoms. The number of hydrogen-bond donors (Lipinski definition) is 3. The largest absolute Gasteiger partial charge is 0.381 e. The zero-order valence-electron chi connectivity index (χ0n) is 11.2. The van der Waals surface area contributed by atoms with Crippen molar-refractivity contribution in [1.29, 1.82) is 0 Å². The lowest BCUT2D eigenvalue weighted by Crippen LogP contribution is -2.15. The summed E-state index contributed by atoms with van der Waals surface area (Å²) < 4.78 is 5.42. The maximum Gasteiger partial charge on any atom is 0.148 e.